The van der Waals surface area contributed by atoms with Crippen LogP contribution in [-0.4, -0.2) is 71.0 Å². The van der Waals surface area contributed by atoms with Gasteiger partial charge in [-0.1, -0.05) is 0 Å². The van der Waals surface area contributed by atoms with Crippen LogP contribution in [0.3, 0.4) is 0 Å². The van der Waals surface area contributed by atoms with Crippen molar-refractivity contribution < 1.29 is 9.84 Å². The lowest BCUT2D eigenvalue weighted by Crippen LogP contribution is -2.57. The van der Waals surface area contributed by atoms with Crippen LogP contribution in [0.1, 0.15) is 12.5 Å². The van der Waals surface area contributed by atoms with Crippen LogP contribution in [-0.2, 0) is 4.74 Å². The molecule has 2 saturated heterocycles. The van der Waals surface area contributed by atoms with Crippen molar-refractivity contribution in [2.24, 2.45) is 0 Å². The molecule has 1 aromatic carbocycles. The molecule has 1 N–H and O–H groups in total. The molecular formula is C18H21N5O2. The zero-order chi connectivity index (χ0) is 17.4. The predicted molar refractivity (Wildman–Crippen MR) is 93.2 cm³/mol. The monoisotopic (exact) mass is 339 g/mol. The number of anilines is 1. The standard InChI is InChI=1S/C18H21N5O2/c1-12-7-23(11-15(25-12)10-22-8-14(24)9-22)16-3-2-13(6-19)17-18(16)21-5-4-20-17/h2-5,12,14-15,24H,7-11H2,1H3. The smallest absolute Gasteiger partial charge is 0.113 e. The number of hydrogen-bond donors (Lipinski definition) is 1. The third kappa shape index (κ3) is 3.16. The van der Waals surface area contributed by atoms with Gasteiger partial charge in [-0.25, -0.2) is 0 Å². The van der Waals surface area contributed by atoms with Crippen LogP contribution in [0.4, 0.5) is 5.69 Å². The summed E-state index contributed by atoms with van der Waals surface area (Å²) in [6.07, 6.45) is 3.27. The Morgan fingerprint density at radius 2 is 1.96 bits per heavy atom. The maximum atomic E-state index is 9.46. The van der Waals surface area contributed by atoms with E-state index in [0.29, 0.717) is 11.1 Å². The number of morpholine rings is 1. The number of aromatic nitrogens is 2. The molecule has 0 spiro atoms. The van der Waals surface area contributed by atoms with Gasteiger partial charge in [-0.2, -0.15) is 5.26 Å². The number of fused-ring (bicyclic) bond motifs is 1. The quantitative estimate of drug-likeness (QED) is 0.884. The highest BCUT2D eigenvalue weighted by Gasteiger charge is 2.32. The molecule has 3 heterocycles. The lowest BCUT2D eigenvalue weighted by Gasteiger charge is -2.43. The molecule has 2 aliphatic heterocycles. The Kier molecular flexibility index (Phi) is 4.25. The van der Waals surface area contributed by atoms with Crippen molar-refractivity contribution in [1.82, 2.24) is 14.9 Å². The Balaban J connectivity index is 1.60. The number of nitriles is 1. The van der Waals surface area contributed by atoms with Crippen LogP contribution in [0.15, 0.2) is 24.5 Å². The molecule has 0 saturated carbocycles. The first-order valence-corrected chi connectivity index (χ1v) is 8.58. The third-order valence-electron chi connectivity index (χ3n) is 4.79. The molecule has 2 aliphatic rings. The average Bonchev–Trinajstić information content (AvgIpc) is 2.59. The summed E-state index contributed by atoms with van der Waals surface area (Å²) in [5.74, 6) is 0. The number of aliphatic hydroxyl groups excluding tert-OH is 1. The van der Waals surface area contributed by atoms with Crippen LogP contribution in [0, 0.1) is 11.3 Å². The zero-order valence-corrected chi connectivity index (χ0v) is 14.2. The van der Waals surface area contributed by atoms with E-state index in [2.05, 4.69) is 32.8 Å². The maximum absolute atomic E-state index is 9.46. The van der Waals surface area contributed by atoms with E-state index in [0.717, 1.165) is 43.9 Å². The van der Waals surface area contributed by atoms with E-state index in [1.54, 1.807) is 12.4 Å². The van der Waals surface area contributed by atoms with E-state index in [9.17, 15) is 10.4 Å². The van der Waals surface area contributed by atoms with Crippen LogP contribution >= 0.6 is 0 Å². The lowest BCUT2D eigenvalue weighted by molar-refractivity contribution is -0.0672. The van der Waals surface area contributed by atoms with Crippen LogP contribution in [0.2, 0.25) is 0 Å². The molecule has 7 nitrogen and oxygen atoms in total. The van der Waals surface area contributed by atoms with Gasteiger partial charge in [0.1, 0.15) is 17.1 Å². The zero-order valence-electron chi connectivity index (χ0n) is 14.2. The van der Waals surface area contributed by atoms with Gasteiger partial charge >= 0.3 is 0 Å². The highest BCUT2D eigenvalue weighted by molar-refractivity contribution is 5.92. The van der Waals surface area contributed by atoms with Crippen molar-refractivity contribution in [1.29, 1.82) is 5.26 Å². The van der Waals surface area contributed by atoms with E-state index in [1.807, 2.05) is 12.1 Å². The van der Waals surface area contributed by atoms with E-state index in [4.69, 9.17) is 4.74 Å². The Morgan fingerprint density at radius 3 is 2.68 bits per heavy atom. The van der Waals surface area contributed by atoms with Crippen molar-refractivity contribution >= 4 is 16.7 Å². The Hall–Kier alpha value is -2.27. The predicted octanol–water partition coefficient (Wildman–Crippen LogP) is 0.772. The summed E-state index contributed by atoms with van der Waals surface area (Å²) in [6.45, 7) is 5.86. The van der Waals surface area contributed by atoms with Gasteiger partial charge in [0.25, 0.3) is 0 Å². The molecule has 2 atom stereocenters. The second kappa shape index (κ2) is 6.56. The Labute approximate surface area is 146 Å². The highest BCUT2D eigenvalue weighted by atomic mass is 16.5. The molecule has 2 fully saturated rings. The van der Waals surface area contributed by atoms with Crippen molar-refractivity contribution in [3.05, 3.63) is 30.1 Å². The summed E-state index contributed by atoms with van der Waals surface area (Å²) in [4.78, 5) is 13.3. The number of ether oxygens (including phenoxy) is 1. The van der Waals surface area contributed by atoms with Crippen LogP contribution in [0.25, 0.3) is 11.0 Å². The molecule has 0 aliphatic carbocycles. The molecular weight excluding hydrogens is 318 g/mol. The van der Waals surface area contributed by atoms with Gasteiger partial charge in [0.15, 0.2) is 0 Å². The summed E-state index contributed by atoms with van der Waals surface area (Å²) in [5, 5.41) is 18.8. The van der Waals surface area contributed by atoms with Crippen molar-refractivity contribution in [3.8, 4) is 6.07 Å². The second-order valence-electron chi connectivity index (χ2n) is 6.84. The number of aliphatic hydroxyl groups is 1. The summed E-state index contributed by atoms with van der Waals surface area (Å²) in [6, 6.07) is 5.96. The first-order chi connectivity index (χ1) is 12.1. The molecule has 0 bridgehead atoms. The topological polar surface area (TPSA) is 85.5 Å². The van der Waals surface area contributed by atoms with E-state index >= 15 is 0 Å². The summed E-state index contributed by atoms with van der Waals surface area (Å²) >= 11 is 0. The molecule has 7 heteroatoms. The fraction of sp³-hybridized carbons (Fsp3) is 0.500. The molecule has 2 unspecified atom stereocenters. The molecule has 2 aromatic rings. The molecule has 0 amide bonds. The van der Waals surface area contributed by atoms with E-state index in [-0.39, 0.29) is 18.3 Å². The Morgan fingerprint density at radius 1 is 1.20 bits per heavy atom. The lowest BCUT2D eigenvalue weighted by atomic mass is 10.1. The van der Waals surface area contributed by atoms with Gasteiger partial charge in [-0.05, 0) is 19.1 Å². The first-order valence-electron chi connectivity index (χ1n) is 8.58. The minimum Gasteiger partial charge on any atom is -0.390 e. The SMILES string of the molecule is CC1CN(c2ccc(C#N)c3nccnc23)CC(CN2CC(O)C2)O1. The number of hydrogen-bond acceptors (Lipinski definition) is 7. The van der Waals surface area contributed by atoms with E-state index < -0.39 is 0 Å². The van der Waals surface area contributed by atoms with Gasteiger partial charge in [0.05, 0.1) is 29.6 Å². The number of nitrogens with zero attached hydrogens (tertiary/aromatic N) is 5. The summed E-state index contributed by atoms with van der Waals surface area (Å²) < 4.78 is 6.08. The number of benzene rings is 1. The van der Waals surface area contributed by atoms with Gasteiger partial charge in [-0.3, -0.25) is 14.9 Å². The molecule has 130 valence electrons. The summed E-state index contributed by atoms with van der Waals surface area (Å²) in [5.41, 5.74) is 2.93. The molecule has 1 aromatic heterocycles. The van der Waals surface area contributed by atoms with Gasteiger partial charge in [0, 0.05) is 45.1 Å². The second-order valence-corrected chi connectivity index (χ2v) is 6.84. The average molecular weight is 339 g/mol. The van der Waals surface area contributed by atoms with Gasteiger partial charge < -0.3 is 14.7 Å². The van der Waals surface area contributed by atoms with Gasteiger partial charge in [-0.15, -0.1) is 0 Å². The number of rotatable bonds is 3. The maximum Gasteiger partial charge on any atom is 0.113 e. The van der Waals surface area contributed by atoms with Gasteiger partial charge in [0.2, 0.25) is 0 Å². The first kappa shape index (κ1) is 16.2. The number of likely N-dealkylation sites (tertiary alicyclic amines) is 1. The third-order valence-corrected chi connectivity index (χ3v) is 4.79. The molecule has 25 heavy (non-hydrogen) atoms. The largest absolute Gasteiger partial charge is 0.390 e. The summed E-state index contributed by atoms with van der Waals surface area (Å²) in [7, 11) is 0. The van der Waals surface area contributed by atoms with E-state index in [1.165, 1.54) is 0 Å². The normalized spacial score (nSPS) is 24.9. The highest BCUT2D eigenvalue weighted by Crippen LogP contribution is 2.29. The minimum absolute atomic E-state index is 0.0821. The molecule has 0 radical (unpaired) electrons. The van der Waals surface area contributed by atoms with Crippen molar-refractivity contribution in [3.63, 3.8) is 0 Å². The van der Waals surface area contributed by atoms with Crippen molar-refractivity contribution in [2.45, 2.75) is 25.2 Å². The van der Waals surface area contributed by atoms with Crippen LogP contribution < -0.4 is 4.90 Å². The number of β-amino-alcohol motifs (C(OH)–C–C–N with tert-alkyl or cyclic N) is 1. The fourth-order valence-corrected chi connectivity index (χ4v) is 3.71. The Bertz CT molecular complexity index is 815. The molecule has 4 rings (SSSR count). The fourth-order valence-electron chi connectivity index (χ4n) is 3.71. The van der Waals surface area contributed by atoms with Crippen LogP contribution in [0.5, 0.6) is 0 Å². The van der Waals surface area contributed by atoms with Crippen molar-refractivity contribution in [2.75, 3.05) is 37.6 Å². The minimum atomic E-state index is -0.199.